The van der Waals surface area contributed by atoms with E-state index in [1.165, 1.54) is 12.8 Å². The van der Waals surface area contributed by atoms with E-state index in [0.29, 0.717) is 11.5 Å². The van der Waals surface area contributed by atoms with Crippen molar-refractivity contribution in [2.24, 2.45) is 11.8 Å². The zero-order valence-corrected chi connectivity index (χ0v) is 14.2. The van der Waals surface area contributed by atoms with Crippen molar-refractivity contribution >= 4 is 11.9 Å². The second kappa shape index (κ2) is 8.32. The second-order valence-corrected chi connectivity index (χ2v) is 6.96. The maximum absolute atomic E-state index is 12.3. The molecule has 0 spiro atoms. The summed E-state index contributed by atoms with van der Waals surface area (Å²) >= 11 is 0. The third-order valence-corrected chi connectivity index (χ3v) is 5.15. The topological polar surface area (TPSA) is 52.6 Å². The SMILES string of the molecule is O=C(Oc1ccccc1OC(=O)C1CCCCC1)C1CCCCC1. The molecule has 2 fully saturated rings. The summed E-state index contributed by atoms with van der Waals surface area (Å²) in [6.07, 6.45) is 10.3. The molecular formula is C20H26O4. The Hall–Kier alpha value is -1.84. The molecule has 4 nitrogen and oxygen atoms in total. The molecule has 0 radical (unpaired) electrons. The van der Waals surface area contributed by atoms with Gasteiger partial charge in [-0.05, 0) is 37.8 Å². The molecule has 2 saturated carbocycles. The van der Waals surface area contributed by atoms with Crippen LogP contribution in [-0.4, -0.2) is 11.9 Å². The van der Waals surface area contributed by atoms with Gasteiger partial charge in [-0.1, -0.05) is 50.7 Å². The number of benzene rings is 1. The summed E-state index contributed by atoms with van der Waals surface area (Å²) in [5.41, 5.74) is 0. The zero-order chi connectivity index (χ0) is 16.8. The van der Waals surface area contributed by atoms with Gasteiger partial charge in [-0.3, -0.25) is 9.59 Å². The fourth-order valence-corrected chi connectivity index (χ4v) is 3.68. The van der Waals surface area contributed by atoms with Crippen LogP contribution in [0.1, 0.15) is 64.2 Å². The van der Waals surface area contributed by atoms with Crippen molar-refractivity contribution in [3.05, 3.63) is 24.3 Å². The molecular weight excluding hydrogens is 304 g/mol. The Morgan fingerprint density at radius 2 is 1.04 bits per heavy atom. The Bertz CT molecular complexity index is 518. The standard InChI is InChI=1S/C20H26O4/c21-19(15-9-3-1-4-10-15)23-17-13-7-8-14-18(17)24-20(22)16-11-5-2-6-12-16/h7-8,13-16H,1-6,9-12H2. The summed E-state index contributed by atoms with van der Waals surface area (Å²) in [7, 11) is 0. The first-order valence-corrected chi connectivity index (χ1v) is 9.26. The predicted octanol–water partition coefficient (Wildman–Crippen LogP) is 4.66. The molecule has 2 aliphatic rings. The largest absolute Gasteiger partial charge is 0.422 e. The van der Waals surface area contributed by atoms with Crippen molar-refractivity contribution in [2.75, 3.05) is 0 Å². The van der Waals surface area contributed by atoms with Crippen molar-refractivity contribution in [3.63, 3.8) is 0 Å². The maximum Gasteiger partial charge on any atom is 0.314 e. The molecule has 0 heterocycles. The lowest BCUT2D eigenvalue weighted by atomic mass is 9.89. The minimum atomic E-state index is -0.198. The minimum Gasteiger partial charge on any atom is -0.422 e. The summed E-state index contributed by atoms with van der Waals surface area (Å²) in [6.45, 7) is 0. The molecule has 0 saturated heterocycles. The van der Waals surface area contributed by atoms with Crippen molar-refractivity contribution in [2.45, 2.75) is 64.2 Å². The van der Waals surface area contributed by atoms with Gasteiger partial charge in [0.25, 0.3) is 0 Å². The molecule has 4 heteroatoms. The molecule has 0 unspecified atom stereocenters. The van der Waals surface area contributed by atoms with Crippen LogP contribution in [-0.2, 0) is 9.59 Å². The van der Waals surface area contributed by atoms with Gasteiger partial charge < -0.3 is 9.47 Å². The lowest BCUT2D eigenvalue weighted by Gasteiger charge is -2.22. The van der Waals surface area contributed by atoms with Gasteiger partial charge in [0.15, 0.2) is 11.5 Å². The van der Waals surface area contributed by atoms with Crippen molar-refractivity contribution in [1.29, 1.82) is 0 Å². The number of hydrogen-bond donors (Lipinski definition) is 0. The van der Waals surface area contributed by atoms with Crippen molar-refractivity contribution in [1.82, 2.24) is 0 Å². The highest BCUT2D eigenvalue weighted by molar-refractivity contribution is 5.78. The van der Waals surface area contributed by atoms with E-state index in [0.717, 1.165) is 51.4 Å². The van der Waals surface area contributed by atoms with E-state index in [1.54, 1.807) is 24.3 Å². The Morgan fingerprint density at radius 3 is 1.42 bits per heavy atom. The number of hydrogen-bond acceptors (Lipinski definition) is 4. The van der Waals surface area contributed by atoms with Crippen LogP contribution in [0.4, 0.5) is 0 Å². The highest BCUT2D eigenvalue weighted by Gasteiger charge is 2.26. The molecule has 3 rings (SSSR count). The van der Waals surface area contributed by atoms with Gasteiger partial charge in [0.1, 0.15) is 0 Å². The first-order chi connectivity index (χ1) is 11.7. The fraction of sp³-hybridized carbons (Fsp3) is 0.600. The summed E-state index contributed by atoms with van der Waals surface area (Å²) in [6, 6.07) is 6.98. The molecule has 24 heavy (non-hydrogen) atoms. The maximum atomic E-state index is 12.3. The molecule has 2 aliphatic carbocycles. The summed E-state index contributed by atoms with van der Waals surface area (Å²) < 4.78 is 11.1. The van der Waals surface area contributed by atoms with Crippen LogP contribution in [0, 0.1) is 11.8 Å². The van der Waals surface area contributed by atoms with E-state index in [2.05, 4.69) is 0 Å². The average molecular weight is 330 g/mol. The number of para-hydroxylation sites is 2. The highest BCUT2D eigenvalue weighted by atomic mass is 16.6. The molecule has 0 bridgehead atoms. The van der Waals surface area contributed by atoms with Crippen LogP contribution >= 0.6 is 0 Å². The molecule has 0 aromatic heterocycles. The Balaban J connectivity index is 1.63. The van der Waals surface area contributed by atoms with E-state index < -0.39 is 0 Å². The fourth-order valence-electron chi connectivity index (χ4n) is 3.68. The summed E-state index contributed by atoms with van der Waals surface area (Å²) in [4.78, 5) is 24.7. The third-order valence-electron chi connectivity index (χ3n) is 5.15. The lowest BCUT2D eigenvalue weighted by Crippen LogP contribution is -2.25. The molecule has 130 valence electrons. The summed E-state index contributed by atoms with van der Waals surface area (Å²) in [5, 5.41) is 0. The quantitative estimate of drug-likeness (QED) is 0.595. The van der Waals surface area contributed by atoms with Crippen molar-refractivity contribution in [3.8, 4) is 11.5 Å². The number of carbonyl (C=O) groups is 2. The summed E-state index contributed by atoms with van der Waals surface area (Å²) in [5.74, 6) is 0.267. The van der Waals surface area contributed by atoms with Crippen LogP contribution < -0.4 is 9.47 Å². The van der Waals surface area contributed by atoms with E-state index in [9.17, 15) is 9.59 Å². The van der Waals surface area contributed by atoms with Gasteiger partial charge in [0, 0.05) is 0 Å². The smallest absolute Gasteiger partial charge is 0.314 e. The number of carbonyl (C=O) groups excluding carboxylic acids is 2. The third kappa shape index (κ3) is 4.37. The average Bonchev–Trinajstić information content (AvgIpc) is 2.64. The number of esters is 2. The monoisotopic (exact) mass is 330 g/mol. The Kier molecular flexibility index (Phi) is 5.89. The van der Waals surface area contributed by atoms with Gasteiger partial charge in [-0.15, -0.1) is 0 Å². The molecule has 0 N–H and O–H groups in total. The van der Waals surface area contributed by atoms with Crippen LogP contribution in [0.3, 0.4) is 0 Å². The lowest BCUT2D eigenvalue weighted by molar-refractivity contribution is -0.142. The molecule has 0 amide bonds. The Morgan fingerprint density at radius 1 is 0.667 bits per heavy atom. The van der Waals surface area contributed by atoms with Crippen LogP contribution in [0.2, 0.25) is 0 Å². The van der Waals surface area contributed by atoms with Gasteiger partial charge >= 0.3 is 11.9 Å². The first kappa shape index (κ1) is 17.0. The first-order valence-electron chi connectivity index (χ1n) is 9.26. The molecule has 0 atom stereocenters. The minimum absolute atomic E-state index is 0.0270. The molecule has 0 aliphatic heterocycles. The number of ether oxygens (including phenoxy) is 2. The van der Waals surface area contributed by atoms with Gasteiger partial charge in [0.2, 0.25) is 0 Å². The predicted molar refractivity (Wildman–Crippen MR) is 90.9 cm³/mol. The van der Waals surface area contributed by atoms with Gasteiger partial charge in [-0.25, -0.2) is 0 Å². The van der Waals surface area contributed by atoms with E-state index in [1.807, 2.05) is 0 Å². The van der Waals surface area contributed by atoms with E-state index >= 15 is 0 Å². The van der Waals surface area contributed by atoms with Crippen molar-refractivity contribution < 1.29 is 19.1 Å². The molecule has 1 aromatic rings. The van der Waals surface area contributed by atoms with E-state index in [-0.39, 0.29) is 23.8 Å². The normalized spacial score (nSPS) is 19.7. The zero-order valence-electron chi connectivity index (χ0n) is 14.2. The van der Waals surface area contributed by atoms with Gasteiger partial charge in [-0.2, -0.15) is 0 Å². The second-order valence-electron chi connectivity index (χ2n) is 6.96. The Labute approximate surface area is 143 Å². The van der Waals surface area contributed by atoms with Gasteiger partial charge in [0.05, 0.1) is 11.8 Å². The number of rotatable bonds is 4. The van der Waals surface area contributed by atoms with Crippen LogP contribution in [0.25, 0.3) is 0 Å². The highest BCUT2D eigenvalue weighted by Crippen LogP contribution is 2.32. The van der Waals surface area contributed by atoms with Crippen LogP contribution in [0.5, 0.6) is 11.5 Å². The molecule has 1 aromatic carbocycles. The van der Waals surface area contributed by atoms with E-state index in [4.69, 9.17) is 9.47 Å². The van der Waals surface area contributed by atoms with Crippen LogP contribution in [0.15, 0.2) is 24.3 Å².